The molecule has 0 aliphatic rings. The Kier molecular flexibility index (Phi) is 6.74. The molecule has 6 aromatic rings. The molecule has 1 heteroatoms. The predicted molar refractivity (Wildman–Crippen MR) is 163 cm³/mol. The van der Waals surface area contributed by atoms with E-state index < -0.39 is 0 Å². The molecule has 0 N–H and O–H groups in total. The minimum Gasteiger partial charge on any atom is -0.310 e. The summed E-state index contributed by atoms with van der Waals surface area (Å²) in [6, 6.07) is 52.7. The van der Waals surface area contributed by atoms with Crippen molar-refractivity contribution in [2.24, 2.45) is 0 Å². The van der Waals surface area contributed by atoms with Gasteiger partial charge in [-0.05, 0) is 89.2 Å². The number of benzene rings is 6. The van der Waals surface area contributed by atoms with Crippen LogP contribution in [0.2, 0.25) is 0 Å². The zero-order valence-corrected chi connectivity index (χ0v) is 21.7. The summed E-state index contributed by atoms with van der Waals surface area (Å²) in [6.07, 6.45) is 2.08. The fraction of sp³-hybridized carbons (Fsp3) is 0.0811. The van der Waals surface area contributed by atoms with E-state index in [1.54, 1.807) is 0 Å². The number of hydrogen-bond acceptors (Lipinski definition) is 1. The van der Waals surface area contributed by atoms with Gasteiger partial charge in [-0.1, -0.05) is 115 Å². The van der Waals surface area contributed by atoms with Gasteiger partial charge in [0.2, 0.25) is 0 Å². The Labute approximate surface area is 225 Å². The lowest BCUT2D eigenvalue weighted by Crippen LogP contribution is -2.10. The number of nitrogens with zero attached hydrogens (tertiary/aromatic N) is 1. The van der Waals surface area contributed by atoms with Crippen LogP contribution in [0.25, 0.3) is 21.9 Å². The summed E-state index contributed by atoms with van der Waals surface area (Å²) in [5, 5.41) is 2.49. The normalized spacial score (nSPS) is 11.0. The minimum atomic E-state index is 1.03. The summed E-state index contributed by atoms with van der Waals surface area (Å²) in [7, 11) is 0. The van der Waals surface area contributed by atoms with Gasteiger partial charge in [0.05, 0.1) is 0 Å². The lowest BCUT2D eigenvalue weighted by Gasteiger charge is -2.26. The van der Waals surface area contributed by atoms with Gasteiger partial charge in [-0.25, -0.2) is 0 Å². The number of fused-ring (bicyclic) bond motifs is 1. The first-order valence-electron chi connectivity index (χ1n) is 13.3. The maximum absolute atomic E-state index is 2.35. The monoisotopic (exact) mass is 489 g/mol. The van der Waals surface area contributed by atoms with Crippen molar-refractivity contribution in [2.75, 3.05) is 4.90 Å². The van der Waals surface area contributed by atoms with Crippen LogP contribution < -0.4 is 4.90 Å². The molecule has 0 heterocycles. The maximum atomic E-state index is 2.35. The first-order chi connectivity index (χ1) is 18.7. The molecule has 6 aromatic carbocycles. The summed E-state index contributed by atoms with van der Waals surface area (Å²) in [6.45, 7) is 2.13. The van der Waals surface area contributed by atoms with Crippen LogP contribution in [0.1, 0.15) is 16.7 Å². The SMILES string of the molecule is Cc1ccc(-c2ccc(N(c3ccc(CCc4ccccc4)cc3)c3ccc4ccccc4c3)cc2)cc1. The number of rotatable bonds is 7. The molecular weight excluding hydrogens is 458 g/mol. The Morgan fingerprint density at radius 1 is 0.421 bits per heavy atom. The zero-order valence-electron chi connectivity index (χ0n) is 21.7. The highest BCUT2D eigenvalue weighted by Gasteiger charge is 2.13. The van der Waals surface area contributed by atoms with Crippen molar-refractivity contribution in [2.45, 2.75) is 19.8 Å². The fourth-order valence-corrected chi connectivity index (χ4v) is 5.06. The van der Waals surface area contributed by atoms with Crippen LogP contribution in [0.3, 0.4) is 0 Å². The highest BCUT2D eigenvalue weighted by atomic mass is 15.1. The Morgan fingerprint density at radius 2 is 0.921 bits per heavy atom. The molecule has 0 aromatic heterocycles. The Morgan fingerprint density at radius 3 is 1.58 bits per heavy atom. The molecule has 6 rings (SSSR count). The van der Waals surface area contributed by atoms with Crippen molar-refractivity contribution in [3.05, 3.63) is 162 Å². The molecule has 1 nitrogen and oxygen atoms in total. The van der Waals surface area contributed by atoms with Crippen molar-refractivity contribution >= 4 is 27.8 Å². The third-order valence-electron chi connectivity index (χ3n) is 7.24. The van der Waals surface area contributed by atoms with Gasteiger partial charge >= 0.3 is 0 Å². The summed E-state index contributed by atoms with van der Waals surface area (Å²) in [5.74, 6) is 0. The predicted octanol–water partition coefficient (Wildman–Crippen LogP) is 10.1. The van der Waals surface area contributed by atoms with Crippen LogP contribution in [0, 0.1) is 6.92 Å². The van der Waals surface area contributed by atoms with E-state index in [0.29, 0.717) is 0 Å². The highest BCUT2D eigenvalue weighted by Crippen LogP contribution is 2.37. The van der Waals surface area contributed by atoms with E-state index in [1.165, 1.54) is 38.6 Å². The molecule has 0 amide bonds. The van der Waals surface area contributed by atoms with E-state index in [-0.39, 0.29) is 0 Å². The molecule has 0 bridgehead atoms. The maximum Gasteiger partial charge on any atom is 0.0468 e. The third-order valence-corrected chi connectivity index (χ3v) is 7.24. The summed E-state index contributed by atoms with van der Waals surface area (Å²) < 4.78 is 0. The zero-order chi connectivity index (χ0) is 25.7. The molecular formula is C37H31N. The molecule has 0 aliphatic carbocycles. The van der Waals surface area contributed by atoms with Crippen LogP contribution >= 0.6 is 0 Å². The van der Waals surface area contributed by atoms with E-state index in [1.807, 2.05) is 0 Å². The standard InChI is InChI=1S/C37H31N/c1-28-11-17-32(18-12-28)33-19-24-36(25-20-33)38(37-26-21-31-9-5-6-10-34(31)27-37)35-22-15-30(16-23-35)14-13-29-7-3-2-4-8-29/h2-12,15-27H,13-14H2,1H3. The minimum absolute atomic E-state index is 1.03. The van der Waals surface area contributed by atoms with Crippen LogP contribution in [-0.4, -0.2) is 0 Å². The smallest absolute Gasteiger partial charge is 0.0468 e. The summed E-state index contributed by atoms with van der Waals surface area (Å²) >= 11 is 0. The number of anilines is 3. The summed E-state index contributed by atoms with van der Waals surface area (Å²) in [5.41, 5.74) is 9.93. The Hall–Kier alpha value is -4.62. The Balaban J connectivity index is 1.34. The van der Waals surface area contributed by atoms with E-state index >= 15 is 0 Å². The van der Waals surface area contributed by atoms with Crippen LogP contribution in [0.15, 0.2) is 146 Å². The topological polar surface area (TPSA) is 3.24 Å². The van der Waals surface area contributed by atoms with Crippen molar-refractivity contribution in [3.8, 4) is 11.1 Å². The van der Waals surface area contributed by atoms with E-state index in [0.717, 1.165) is 29.9 Å². The average molecular weight is 490 g/mol. The third kappa shape index (κ3) is 5.23. The van der Waals surface area contributed by atoms with Gasteiger partial charge < -0.3 is 4.90 Å². The van der Waals surface area contributed by atoms with Crippen LogP contribution in [-0.2, 0) is 12.8 Å². The first-order valence-corrected chi connectivity index (χ1v) is 13.3. The lowest BCUT2D eigenvalue weighted by atomic mass is 10.0. The fourth-order valence-electron chi connectivity index (χ4n) is 5.06. The Bertz CT molecular complexity index is 1630. The molecule has 38 heavy (non-hydrogen) atoms. The summed E-state index contributed by atoms with van der Waals surface area (Å²) in [4.78, 5) is 2.35. The van der Waals surface area contributed by atoms with Crippen molar-refractivity contribution in [1.82, 2.24) is 0 Å². The van der Waals surface area contributed by atoms with Crippen molar-refractivity contribution in [1.29, 1.82) is 0 Å². The molecule has 184 valence electrons. The largest absolute Gasteiger partial charge is 0.310 e. The molecule has 0 spiro atoms. The molecule has 0 saturated heterocycles. The van der Waals surface area contributed by atoms with Crippen molar-refractivity contribution < 1.29 is 0 Å². The molecule has 0 radical (unpaired) electrons. The number of aryl methyl sites for hydroxylation is 3. The van der Waals surface area contributed by atoms with Crippen LogP contribution in [0.5, 0.6) is 0 Å². The molecule has 0 aliphatic heterocycles. The van der Waals surface area contributed by atoms with Gasteiger partial charge in [-0.15, -0.1) is 0 Å². The second-order valence-electron chi connectivity index (χ2n) is 9.93. The molecule has 0 atom stereocenters. The van der Waals surface area contributed by atoms with Crippen LogP contribution in [0.4, 0.5) is 17.1 Å². The van der Waals surface area contributed by atoms with Gasteiger partial charge in [-0.2, -0.15) is 0 Å². The van der Waals surface area contributed by atoms with Gasteiger partial charge in [0.1, 0.15) is 0 Å². The number of hydrogen-bond donors (Lipinski definition) is 0. The van der Waals surface area contributed by atoms with Crippen molar-refractivity contribution in [3.63, 3.8) is 0 Å². The second-order valence-corrected chi connectivity index (χ2v) is 9.93. The molecule has 0 unspecified atom stereocenters. The van der Waals surface area contributed by atoms with Gasteiger partial charge in [0, 0.05) is 17.1 Å². The van der Waals surface area contributed by atoms with Gasteiger partial charge in [-0.3, -0.25) is 0 Å². The highest BCUT2D eigenvalue weighted by molar-refractivity contribution is 5.89. The lowest BCUT2D eigenvalue weighted by molar-refractivity contribution is 0.960. The molecule has 0 fully saturated rings. The van der Waals surface area contributed by atoms with E-state index in [9.17, 15) is 0 Å². The second kappa shape index (κ2) is 10.8. The first kappa shape index (κ1) is 23.8. The molecule has 0 saturated carbocycles. The van der Waals surface area contributed by atoms with Gasteiger partial charge in [0.25, 0.3) is 0 Å². The van der Waals surface area contributed by atoms with Gasteiger partial charge in [0.15, 0.2) is 0 Å². The average Bonchev–Trinajstić information content (AvgIpc) is 2.98. The quantitative estimate of drug-likeness (QED) is 0.216. The van der Waals surface area contributed by atoms with E-state index in [2.05, 4.69) is 157 Å². The van der Waals surface area contributed by atoms with E-state index in [4.69, 9.17) is 0 Å².